The predicted octanol–water partition coefficient (Wildman–Crippen LogP) is 5.40. The van der Waals surface area contributed by atoms with Gasteiger partial charge in [-0.2, -0.15) is 0 Å². The highest BCUT2D eigenvalue weighted by atomic mass is 35.5. The molecule has 0 saturated heterocycles. The van der Waals surface area contributed by atoms with E-state index in [4.69, 9.17) is 39.2 Å². The number of likely N-dealkylation sites (N-methyl/N-ethyl adjacent to an activating group) is 1. The number of carbonyl (C=O) groups is 2. The molecule has 0 radical (unpaired) electrons. The van der Waals surface area contributed by atoms with Crippen LogP contribution in [0.5, 0.6) is 0 Å². The Kier molecular flexibility index (Phi) is 8.56. The molecule has 0 spiro atoms. The number of aryl methyl sites for hydroxylation is 1. The van der Waals surface area contributed by atoms with E-state index in [1.807, 2.05) is 19.1 Å². The largest absolute Gasteiger partial charge is 0.441 e. The molecule has 168 valence electrons. The molecule has 0 saturated carbocycles. The normalized spacial score (nSPS) is 10.8. The molecule has 1 aromatic heterocycles. The van der Waals surface area contributed by atoms with Gasteiger partial charge in [0.2, 0.25) is 11.8 Å². The van der Waals surface area contributed by atoms with E-state index in [0.717, 1.165) is 5.56 Å². The number of hydrogen-bond acceptors (Lipinski definition) is 4. The average molecular weight is 495 g/mol. The summed E-state index contributed by atoms with van der Waals surface area (Å²) in [4.78, 5) is 30.6. The Balaban J connectivity index is 1.50. The summed E-state index contributed by atoms with van der Waals surface area (Å²) in [5, 5.41) is 4.44. The summed E-state index contributed by atoms with van der Waals surface area (Å²) in [6.07, 6.45) is 2.05. The fourth-order valence-electron chi connectivity index (χ4n) is 3.02. The first-order valence-electron chi connectivity index (χ1n) is 10.0. The molecule has 0 atom stereocenters. The highest BCUT2D eigenvalue weighted by molar-refractivity contribution is 6.36. The van der Waals surface area contributed by atoms with Gasteiger partial charge in [-0.3, -0.25) is 9.59 Å². The molecule has 0 bridgehead atoms. The number of carbonyl (C=O) groups excluding carboxylic acids is 2. The highest BCUT2D eigenvalue weighted by Crippen LogP contribution is 2.30. The molecule has 6 nitrogen and oxygen atoms in total. The van der Waals surface area contributed by atoms with Gasteiger partial charge in [-0.1, -0.05) is 46.9 Å². The number of hydrogen-bond donors (Lipinski definition) is 1. The third-order valence-electron chi connectivity index (χ3n) is 4.77. The Morgan fingerprint density at radius 2 is 1.78 bits per heavy atom. The molecular formula is C23H22Cl3N3O3. The number of halogens is 3. The second kappa shape index (κ2) is 11.4. The van der Waals surface area contributed by atoms with Gasteiger partial charge >= 0.3 is 0 Å². The lowest BCUT2D eigenvalue weighted by molar-refractivity contribution is -0.135. The van der Waals surface area contributed by atoms with Crippen LogP contribution in [-0.2, 0) is 22.6 Å². The zero-order valence-corrected chi connectivity index (χ0v) is 19.7. The van der Waals surface area contributed by atoms with Crippen LogP contribution in [0.4, 0.5) is 0 Å². The van der Waals surface area contributed by atoms with Crippen LogP contribution in [0.1, 0.15) is 24.8 Å². The van der Waals surface area contributed by atoms with Crippen LogP contribution >= 0.6 is 34.8 Å². The fraction of sp³-hybridized carbons (Fsp3) is 0.261. The summed E-state index contributed by atoms with van der Waals surface area (Å²) >= 11 is 18.0. The van der Waals surface area contributed by atoms with Crippen molar-refractivity contribution in [1.29, 1.82) is 0 Å². The first-order chi connectivity index (χ1) is 15.4. The smallest absolute Gasteiger partial charge is 0.239 e. The third kappa shape index (κ3) is 6.73. The minimum atomic E-state index is -0.231. The quantitative estimate of drug-likeness (QED) is 0.432. The zero-order valence-electron chi connectivity index (χ0n) is 17.4. The molecule has 2 amide bonds. The Morgan fingerprint density at radius 3 is 2.47 bits per heavy atom. The highest BCUT2D eigenvalue weighted by Gasteiger charge is 2.17. The first kappa shape index (κ1) is 24.1. The van der Waals surface area contributed by atoms with Crippen LogP contribution in [0.15, 0.2) is 53.1 Å². The molecule has 0 aliphatic rings. The Morgan fingerprint density at radius 1 is 1.06 bits per heavy atom. The summed E-state index contributed by atoms with van der Waals surface area (Å²) in [5.41, 5.74) is 1.60. The minimum Gasteiger partial charge on any atom is -0.441 e. The summed E-state index contributed by atoms with van der Waals surface area (Å²) in [7, 11) is 0. The zero-order chi connectivity index (χ0) is 23.1. The lowest BCUT2D eigenvalue weighted by Gasteiger charge is -2.20. The van der Waals surface area contributed by atoms with Gasteiger partial charge in [0.1, 0.15) is 0 Å². The summed E-state index contributed by atoms with van der Waals surface area (Å²) in [6.45, 7) is 2.61. The van der Waals surface area contributed by atoms with Crippen molar-refractivity contribution in [1.82, 2.24) is 15.2 Å². The van der Waals surface area contributed by atoms with Gasteiger partial charge in [-0.25, -0.2) is 4.98 Å². The van der Waals surface area contributed by atoms with Crippen LogP contribution in [0.3, 0.4) is 0 Å². The van der Waals surface area contributed by atoms with E-state index in [0.29, 0.717) is 51.8 Å². The van der Waals surface area contributed by atoms with Crippen molar-refractivity contribution in [2.75, 3.05) is 13.1 Å². The Labute approximate surface area is 201 Å². The van der Waals surface area contributed by atoms with Crippen LogP contribution in [-0.4, -0.2) is 34.8 Å². The van der Waals surface area contributed by atoms with Gasteiger partial charge in [0, 0.05) is 41.5 Å². The third-order valence-corrected chi connectivity index (χ3v) is 5.57. The molecule has 0 unspecified atom stereocenters. The number of nitrogens with one attached hydrogen (secondary N) is 1. The Bertz CT molecular complexity index is 1080. The van der Waals surface area contributed by atoms with Crippen LogP contribution < -0.4 is 5.32 Å². The van der Waals surface area contributed by atoms with Gasteiger partial charge in [-0.05, 0) is 42.8 Å². The van der Waals surface area contributed by atoms with Crippen molar-refractivity contribution in [3.05, 3.63) is 75.2 Å². The van der Waals surface area contributed by atoms with Crippen molar-refractivity contribution >= 4 is 46.6 Å². The molecule has 1 N–H and O–H groups in total. The standard InChI is InChI=1S/C23H22Cl3N3O3/c1-2-29(14-21(30)27-12-15-3-5-16(24)6-4-15)23(31)10-9-22-28-13-20(32-22)18-8-7-17(25)11-19(18)26/h3-8,11,13H,2,9-10,12,14H2,1H3,(H,27,30). The van der Waals surface area contributed by atoms with Gasteiger partial charge in [0.15, 0.2) is 11.7 Å². The maximum Gasteiger partial charge on any atom is 0.239 e. The lowest BCUT2D eigenvalue weighted by atomic mass is 10.2. The molecular weight excluding hydrogens is 473 g/mol. The van der Waals surface area contributed by atoms with Crippen molar-refractivity contribution in [3.8, 4) is 11.3 Å². The van der Waals surface area contributed by atoms with Crippen LogP contribution in [0, 0.1) is 0 Å². The molecule has 0 aliphatic carbocycles. The van der Waals surface area contributed by atoms with Crippen molar-refractivity contribution < 1.29 is 14.0 Å². The van der Waals surface area contributed by atoms with Crippen LogP contribution in [0.2, 0.25) is 15.1 Å². The fourth-order valence-corrected chi connectivity index (χ4v) is 3.65. The number of nitrogens with zero attached hydrogens (tertiary/aromatic N) is 2. The molecule has 3 rings (SSSR count). The summed E-state index contributed by atoms with van der Waals surface area (Å²) in [5.74, 6) is 0.537. The molecule has 3 aromatic rings. The SMILES string of the molecule is CCN(CC(=O)NCc1ccc(Cl)cc1)C(=O)CCc1ncc(-c2ccc(Cl)cc2Cl)o1. The Hall–Kier alpha value is -2.54. The maximum atomic E-state index is 12.6. The van der Waals surface area contributed by atoms with Crippen molar-refractivity contribution in [2.45, 2.75) is 26.3 Å². The first-order valence-corrected chi connectivity index (χ1v) is 11.2. The lowest BCUT2D eigenvalue weighted by Crippen LogP contribution is -2.40. The second-order valence-electron chi connectivity index (χ2n) is 7.05. The van der Waals surface area contributed by atoms with E-state index in [1.54, 1.807) is 36.5 Å². The monoisotopic (exact) mass is 493 g/mol. The van der Waals surface area contributed by atoms with E-state index in [9.17, 15) is 9.59 Å². The molecule has 0 fully saturated rings. The van der Waals surface area contributed by atoms with E-state index < -0.39 is 0 Å². The van der Waals surface area contributed by atoms with Gasteiger partial charge < -0.3 is 14.6 Å². The topological polar surface area (TPSA) is 75.4 Å². The van der Waals surface area contributed by atoms with Crippen molar-refractivity contribution in [2.24, 2.45) is 0 Å². The minimum absolute atomic E-state index is 0.0138. The van der Waals surface area contributed by atoms with E-state index in [-0.39, 0.29) is 24.8 Å². The summed E-state index contributed by atoms with van der Waals surface area (Å²) in [6, 6.07) is 12.3. The summed E-state index contributed by atoms with van der Waals surface area (Å²) < 4.78 is 5.73. The predicted molar refractivity (Wildman–Crippen MR) is 126 cm³/mol. The number of oxazole rings is 1. The van der Waals surface area contributed by atoms with Gasteiger partial charge in [0.05, 0.1) is 17.8 Å². The molecule has 2 aromatic carbocycles. The van der Waals surface area contributed by atoms with E-state index in [2.05, 4.69) is 10.3 Å². The number of amides is 2. The second-order valence-corrected chi connectivity index (χ2v) is 8.33. The maximum absolute atomic E-state index is 12.6. The van der Waals surface area contributed by atoms with E-state index >= 15 is 0 Å². The molecule has 32 heavy (non-hydrogen) atoms. The van der Waals surface area contributed by atoms with Gasteiger partial charge in [-0.15, -0.1) is 0 Å². The van der Waals surface area contributed by atoms with Gasteiger partial charge in [0.25, 0.3) is 0 Å². The van der Waals surface area contributed by atoms with Crippen molar-refractivity contribution in [3.63, 3.8) is 0 Å². The average Bonchev–Trinajstić information content (AvgIpc) is 3.24. The van der Waals surface area contributed by atoms with Crippen LogP contribution in [0.25, 0.3) is 11.3 Å². The number of benzene rings is 2. The molecule has 9 heteroatoms. The number of aromatic nitrogens is 1. The number of rotatable bonds is 9. The molecule has 1 heterocycles. The van der Waals surface area contributed by atoms with E-state index in [1.165, 1.54) is 4.90 Å². The molecule has 0 aliphatic heterocycles.